The molecule has 2 aromatic heterocycles. The van der Waals surface area contributed by atoms with Gasteiger partial charge >= 0.3 is 5.97 Å². The topological polar surface area (TPSA) is 157 Å². The minimum atomic E-state index is -3.52. The van der Waals surface area contributed by atoms with Crippen LogP contribution in [-0.4, -0.2) is 80.8 Å². The number of H-pyrrole nitrogens is 1. The van der Waals surface area contributed by atoms with Gasteiger partial charge in [-0.25, -0.2) is 27.0 Å². The summed E-state index contributed by atoms with van der Waals surface area (Å²) >= 11 is 0. The summed E-state index contributed by atoms with van der Waals surface area (Å²) < 4.78 is 65.1. The summed E-state index contributed by atoms with van der Waals surface area (Å²) in [6.45, 7) is -2.82. The summed E-state index contributed by atoms with van der Waals surface area (Å²) in [5, 5.41) is 11.5. The summed E-state index contributed by atoms with van der Waals surface area (Å²) in [5.74, 6) is -1.12. The maximum Gasteiger partial charge on any atom is 0.330 e. The maximum absolute atomic E-state index is 13.1. The van der Waals surface area contributed by atoms with Crippen LogP contribution in [0.5, 0.6) is 17.2 Å². The second-order valence-corrected chi connectivity index (χ2v) is 9.93. The Kier molecular flexibility index (Phi) is 9.36. The van der Waals surface area contributed by atoms with E-state index in [1.165, 1.54) is 48.7 Å². The predicted molar refractivity (Wildman–Crippen MR) is 130 cm³/mol. The first-order valence-corrected chi connectivity index (χ1v) is 12.9. The number of esters is 1. The SMILES string of the molecule is COC(=O)[C@H](CO)NC(=O)c1ccc(-c2cc(Oc3ccc(S(C)(=O)=O)nc3)cc(OC(CF)CF)c2)[nH]1. The lowest BCUT2D eigenvalue weighted by atomic mass is 10.1. The molecule has 0 aliphatic carbocycles. The van der Waals surface area contributed by atoms with Crippen LogP contribution in [0.2, 0.25) is 0 Å². The highest BCUT2D eigenvalue weighted by Gasteiger charge is 2.22. The van der Waals surface area contributed by atoms with E-state index in [0.717, 1.165) is 13.4 Å². The van der Waals surface area contributed by atoms with Gasteiger partial charge in [0, 0.05) is 23.6 Å². The van der Waals surface area contributed by atoms with Crippen molar-refractivity contribution in [2.45, 2.75) is 17.2 Å². The lowest BCUT2D eigenvalue weighted by Crippen LogP contribution is -2.44. The molecule has 0 unspecified atom stereocenters. The van der Waals surface area contributed by atoms with Gasteiger partial charge < -0.3 is 29.6 Å². The van der Waals surface area contributed by atoms with Crippen molar-refractivity contribution in [3.63, 3.8) is 0 Å². The number of benzene rings is 1. The number of sulfone groups is 1. The Balaban J connectivity index is 1.91. The van der Waals surface area contributed by atoms with E-state index in [9.17, 15) is 31.9 Å². The zero-order chi connectivity index (χ0) is 27.9. The van der Waals surface area contributed by atoms with Crippen LogP contribution in [-0.2, 0) is 19.4 Å². The molecule has 14 heteroatoms. The van der Waals surface area contributed by atoms with Crippen molar-refractivity contribution in [3.8, 4) is 28.5 Å². The summed E-state index contributed by atoms with van der Waals surface area (Å²) in [6, 6.07) is 8.72. The molecule has 3 rings (SSSR count). The first-order valence-electron chi connectivity index (χ1n) is 11.0. The molecule has 1 amide bonds. The minimum absolute atomic E-state index is 0.0436. The number of carbonyl (C=O) groups excluding carboxylic acids is 2. The van der Waals surface area contributed by atoms with Gasteiger partial charge in [0.25, 0.3) is 5.91 Å². The number of nitrogens with zero attached hydrogens (tertiary/aromatic N) is 1. The number of aromatic amines is 1. The van der Waals surface area contributed by atoms with Crippen LogP contribution in [0.3, 0.4) is 0 Å². The number of alkyl halides is 2. The van der Waals surface area contributed by atoms with Crippen LogP contribution in [0, 0.1) is 0 Å². The van der Waals surface area contributed by atoms with Gasteiger partial charge in [-0.1, -0.05) is 0 Å². The molecule has 0 saturated heterocycles. The van der Waals surface area contributed by atoms with Crippen molar-refractivity contribution in [1.29, 1.82) is 0 Å². The summed E-state index contributed by atoms with van der Waals surface area (Å²) in [4.78, 5) is 30.9. The third kappa shape index (κ3) is 7.26. The van der Waals surface area contributed by atoms with Gasteiger partial charge in [-0.05, 0) is 36.4 Å². The smallest absolute Gasteiger partial charge is 0.330 e. The van der Waals surface area contributed by atoms with Crippen LogP contribution in [0.25, 0.3) is 11.3 Å². The van der Waals surface area contributed by atoms with Gasteiger partial charge in [-0.2, -0.15) is 0 Å². The van der Waals surface area contributed by atoms with Crippen molar-refractivity contribution in [1.82, 2.24) is 15.3 Å². The molecule has 0 saturated carbocycles. The number of nitrogens with one attached hydrogen (secondary N) is 2. The lowest BCUT2D eigenvalue weighted by molar-refractivity contribution is -0.143. The summed E-state index contributed by atoms with van der Waals surface area (Å²) in [7, 11) is -2.40. The second kappa shape index (κ2) is 12.5. The maximum atomic E-state index is 13.1. The Labute approximate surface area is 216 Å². The molecule has 0 bridgehead atoms. The fourth-order valence-corrected chi connectivity index (χ4v) is 3.75. The Morgan fingerprint density at radius 3 is 2.37 bits per heavy atom. The van der Waals surface area contributed by atoms with E-state index >= 15 is 0 Å². The third-order valence-corrected chi connectivity index (χ3v) is 6.07. The second-order valence-electron chi connectivity index (χ2n) is 7.97. The van der Waals surface area contributed by atoms with Gasteiger partial charge in [0.15, 0.2) is 27.0 Å². The number of aromatic nitrogens is 2. The molecule has 0 radical (unpaired) electrons. The Morgan fingerprint density at radius 1 is 1.08 bits per heavy atom. The molecule has 204 valence electrons. The molecule has 0 aliphatic rings. The number of aliphatic hydroxyl groups excluding tert-OH is 1. The number of aliphatic hydroxyl groups is 1. The van der Waals surface area contributed by atoms with Crippen LogP contribution < -0.4 is 14.8 Å². The van der Waals surface area contributed by atoms with Crippen molar-refractivity contribution in [2.75, 3.05) is 33.3 Å². The number of ether oxygens (including phenoxy) is 3. The van der Waals surface area contributed by atoms with E-state index in [0.29, 0.717) is 11.3 Å². The fraction of sp³-hybridized carbons (Fsp3) is 0.292. The molecule has 3 N–H and O–H groups in total. The third-order valence-electron chi connectivity index (χ3n) is 5.07. The lowest BCUT2D eigenvalue weighted by Gasteiger charge is -2.15. The average molecular weight is 554 g/mol. The molecule has 3 aromatic rings. The molecule has 1 aromatic carbocycles. The zero-order valence-electron chi connectivity index (χ0n) is 20.3. The first kappa shape index (κ1) is 28.5. The Bertz CT molecular complexity index is 1380. The van der Waals surface area contributed by atoms with Crippen LogP contribution in [0.4, 0.5) is 8.78 Å². The van der Waals surface area contributed by atoms with E-state index in [4.69, 9.17) is 9.47 Å². The standard InChI is InChI=1S/C24H25F2N3O8S/c1-35-24(32)21(13-30)29-23(31)20-5-4-19(28-20)14-7-16(9-17(8-14)37-18(10-25)11-26)36-15-3-6-22(27-12-15)38(2,33)34/h3-9,12,18,21,28,30H,10-11,13H2,1-2H3,(H,29,31)/t21-/m0/s1. The molecule has 0 aliphatic heterocycles. The largest absolute Gasteiger partial charge is 0.485 e. The van der Waals surface area contributed by atoms with Crippen molar-refractivity contribution in [2.24, 2.45) is 0 Å². The zero-order valence-corrected chi connectivity index (χ0v) is 21.1. The summed E-state index contributed by atoms with van der Waals surface area (Å²) in [6.07, 6.45) is 0.859. The highest BCUT2D eigenvalue weighted by Crippen LogP contribution is 2.33. The number of amides is 1. The van der Waals surface area contributed by atoms with Gasteiger partial charge in [-0.3, -0.25) is 4.79 Å². The molecular weight excluding hydrogens is 528 g/mol. The molecule has 11 nitrogen and oxygen atoms in total. The molecule has 2 heterocycles. The molecule has 0 spiro atoms. The van der Waals surface area contributed by atoms with E-state index in [2.05, 4.69) is 20.0 Å². The highest BCUT2D eigenvalue weighted by atomic mass is 32.2. The number of pyridine rings is 1. The van der Waals surface area contributed by atoms with Crippen LogP contribution in [0.1, 0.15) is 10.5 Å². The molecule has 38 heavy (non-hydrogen) atoms. The number of hydrogen-bond acceptors (Lipinski definition) is 9. The molecular formula is C24H25F2N3O8S. The van der Waals surface area contributed by atoms with E-state index in [1.54, 1.807) is 0 Å². The number of halogens is 2. The molecule has 1 atom stereocenters. The highest BCUT2D eigenvalue weighted by molar-refractivity contribution is 7.90. The van der Waals surface area contributed by atoms with Gasteiger partial charge in [0.2, 0.25) is 0 Å². The van der Waals surface area contributed by atoms with Gasteiger partial charge in [-0.15, -0.1) is 0 Å². The number of hydrogen-bond donors (Lipinski definition) is 3. The van der Waals surface area contributed by atoms with Crippen molar-refractivity contribution in [3.05, 3.63) is 54.4 Å². The van der Waals surface area contributed by atoms with E-state index in [-0.39, 0.29) is 28.0 Å². The van der Waals surface area contributed by atoms with Crippen LogP contribution >= 0.6 is 0 Å². The summed E-state index contributed by atoms with van der Waals surface area (Å²) in [5.41, 5.74) is 0.828. The van der Waals surface area contributed by atoms with Crippen LogP contribution in [0.15, 0.2) is 53.7 Å². The normalized spacial score (nSPS) is 12.2. The van der Waals surface area contributed by atoms with Crippen molar-refractivity contribution < 1.29 is 46.1 Å². The Morgan fingerprint density at radius 2 is 1.79 bits per heavy atom. The fourth-order valence-electron chi connectivity index (χ4n) is 3.19. The van der Waals surface area contributed by atoms with Gasteiger partial charge in [0.05, 0.1) is 19.9 Å². The predicted octanol–water partition coefficient (Wildman–Crippen LogP) is 2.22. The quantitative estimate of drug-likeness (QED) is 0.286. The van der Waals surface area contributed by atoms with E-state index < -0.39 is 53.8 Å². The average Bonchev–Trinajstić information content (AvgIpc) is 3.40. The monoisotopic (exact) mass is 553 g/mol. The Hall–Kier alpha value is -4.04. The number of rotatable bonds is 12. The van der Waals surface area contributed by atoms with E-state index in [1.807, 2.05) is 0 Å². The number of carbonyl (C=O) groups is 2. The number of methoxy groups -OCH3 is 1. The minimum Gasteiger partial charge on any atom is -0.485 e. The van der Waals surface area contributed by atoms with Crippen molar-refractivity contribution >= 4 is 21.7 Å². The van der Waals surface area contributed by atoms with Gasteiger partial charge in [0.1, 0.15) is 36.3 Å². The first-order chi connectivity index (χ1) is 18.1. The molecule has 0 fully saturated rings.